The molecule has 1 aliphatic heterocycles. The summed E-state index contributed by atoms with van der Waals surface area (Å²) in [7, 11) is 0. The van der Waals surface area contributed by atoms with Crippen molar-refractivity contribution in [2.24, 2.45) is 17.8 Å². The van der Waals surface area contributed by atoms with Crippen LogP contribution in [0.1, 0.15) is 58.3 Å². The van der Waals surface area contributed by atoms with E-state index in [-0.39, 0.29) is 11.8 Å². The van der Waals surface area contributed by atoms with Gasteiger partial charge in [-0.15, -0.1) is 0 Å². The minimum absolute atomic E-state index is 0.294. The van der Waals surface area contributed by atoms with Crippen molar-refractivity contribution in [1.29, 1.82) is 0 Å². The van der Waals surface area contributed by atoms with Crippen LogP contribution in [0, 0.1) is 17.8 Å². The Morgan fingerprint density at radius 2 is 1.26 bits per heavy atom. The Kier molecular flexibility index (Phi) is 7.18. The zero-order chi connectivity index (χ0) is 29.7. The molecule has 3 aromatic carbocycles. The zero-order valence-corrected chi connectivity index (χ0v) is 24.5. The van der Waals surface area contributed by atoms with E-state index in [1.165, 1.54) is 0 Å². The Morgan fingerprint density at radius 3 is 1.71 bits per heavy atom. The number of carbonyl (C=O) groups excluding carboxylic acids is 5. The number of hydrogen-bond acceptors (Lipinski definition) is 6. The summed E-state index contributed by atoms with van der Waals surface area (Å²) >= 11 is 3.29. The van der Waals surface area contributed by atoms with Gasteiger partial charge in [-0.1, -0.05) is 78.3 Å². The molecule has 0 spiro atoms. The van der Waals surface area contributed by atoms with Gasteiger partial charge in [-0.05, 0) is 52.4 Å². The van der Waals surface area contributed by atoms with E-state index in [0.29, 0.717) is 5.56 Å². The van der Waals surface area contributed by atoms with Crippen LogP contribution in [-0.4, -0.2) is 47.1 Å². The third-order valence-electron chi connectivity index (χ3n) is 8.40. The molecule has 9 nitrogen and oxygen atoms in total. The number of ether oxygens (including phenoxy) is 1. The molecule has 0 unspecified atom stereocenters. The van der Waals surface area contributed by atoms with Crippen molar-refractivity contribution >= 4 is 45.5 Å². The highest BCUT2D eigenvalue weighted by Gasteiger charge is 2.63. The molecule has 0 aromatic heterocycles. The van der Waals surface area contributed by atoms with E-state index in [1.54, 1.807) is 38.1 Å². The third kappa shape index (κ3) is 4.50. The number of esters is 1. The number of amides is 4. The number of rotatable bonds is 6. The molecule has 42 heavy (non-hydrogen) atoms. The number of imide groups is 1. The standard InChI is InChI=1S/C32H28BrN3O6/c1-16(2)28(32(41)42-15-23(37)34-35-29(38)17-11-13-18(33)14-12-17)36-30(39)26-24-19-7-3-4-8-20(19)25(27(26)31(36)40)22-10-6-5-9-21(22)24/h3-14,16,24-28H,15H2,1-2H3,(H,34,37)(H,35,38)/t24?,25?,26-,27-,28+/m0/s1. The second-order valence-corrected chi connectivity index (χ2v) is 12.0. The molecule has 2 N–H and O–H groups in total. The third-order valence-corrected chi connectivity index (χ3v) is 8.93. The second kappa shape index (κ2) is 10.8. The monoisotopic (exact) mass is 629 g/mol. The molecule has 214 valence electrons. The van der Waals surface area contributed by atoms with Crippen molar-refractivity contribution in [3.05, 3.63) is 105 Å². The van der Waals surface area contributed by atoms with Crippen molar-refractivity contribution < 1.29 is 28.7 Å². The zero-order valence-electron chi connectivity index (χ0n) is 22.9. The lowest BCUT2D eigenvalue weighted by atomic mass is 9.55. The van der Waals surface area contributed by atoms with Gasteiger partial charge >= 0.3 is 5.97 Å². The van der Waals surface area contributed by atoms with E-state index in [0.717, 1.165) is 31.6 Å². The topological polar surface area (TPSA) is 122 Å². The molecule has 1 saturated heterocycles. The van der Waals surface area contributed by atoms with Crippen molar-refractivity contribution in [3.63, 3.8) is 0 Å². The molecule has 3 atom stereocenters. The van der Waals surface area contributed by atoms with Gasteiger partial charge in [0.15, 0.2) is 6.61 Å². The minimum atomic E-state index is -1.20. The molecule has 2 bridgehead atoms. The molecule has 10 heteroatoms. The molecule has 0 saturated carbocycles. The van der Waals surface area contributed by atoms with Crippen LogP contribution in [0.2, 0.25) is 0 Å². The number of hydrogen-bond donors (Lipinski definition) is 2. The van der Waals surface area contributed by atoms with Gasteiger partial charge in [0.05, 0.1) is 11.8 Å². The van der Waals surface area contributed by atoms with E-state index in [4.69, 9.17) is 4.74 Å². The first-order valence-corrected chi connectivity index (χ1v) is 14.5. The van der Waals surface area contributed by atoms with Crippen LogP contribution in [0.15, 0.2) is 77.3 Å². The Balaban J connectivity index is 1.18. The summed E-state index contributed by atoms with van der Waals surface area (Å²) in [4.78, 5) is 67.1. The fourth-order valence-corrected chi connectivity index (χ4v) is 6.97. The average molecular weight is 630 g/mol. The number of benzene rings is 3. The lowest BCUT2D eigenvalue weighted by Gasteiger charge is -2.45. The normalized spacial score (nSPS) is 22.2. The molecule has 3 aliphatic carbocycles. The maximum atomic E-state index is 14.0. The van der Waals surface area contributed by atoms with Crippen molar-refractivity contribution in [3.8, 4) is 0 Å². The quantitative estimate of drug-likeness (QED) is 0.244. The van der Waals surface area contributed by atoms with Crippen LogP contribution < -0.4 is 10.9 Å². The number of likely N-dealkylation sites (tertiary alicyclic amines) is 1. The highest BCUT2D eigenvalue weighted by Crippen LogP contribution is 2.61. The Bertz CT molecular complexity index is 1500. The van der Waals surface area contributed by atoms with Crippen LogP contribution in [0.5, 0.6) is 0 Å². The van der Waals surface area contributed by atoms with Gasteiger partial charge in [-0.25, -0.2) is 4.79 Å². The smallest absolute Gasteiger partial charge is 0.330 e. The van der Waals surface area contributed by atoms with Crippen LogP contribution in [0.4, 0.5) is 0 Å². The average Bonchev–Trinajstić information content (AvgIpc) is 3.25. The molecule has 4 amide bonds. The molecule has 3 aromatic rings. The number of nitrogens with one attached hydrogen (secondary N) is 2. The predicted octanol–water partition coefficient (Wildman–Crippen LogP) is 3.67. The summed E-state index contributed by atoms with van der Waals surface area (Å²) in [6.07, 6.45) is 0. The van der Waals surface area contributed by atoms with Crippen LogP contribution in [0.25, 0.3) is 0 Å². The summed E-state index contributed by atoms with van der Waals surface area (Å²) in [5, 5.41) is 0. The van der Waals surface area contributed by atoms with E-state index in [2.05, 4.69) is 26.8 Å². The summed E-state index contributed by atoms with van der Waals surface area (Å²) in [5.74, 6) is -5.28. The lowest BCUT2D eigenvalue weighted by molar-refractivity contribution is -0.162. The van der Waals surface area contributed by atoms with Crippen molar-refractivity contribution in [2.45, 2.75) is 31.7 Å². The fourth-order valence-electron chi connectivity index (χ4n) is 6.71. The van der Waals surface area contributed by atoms with E-state index in [1.807, 2.05) is 48.5 Å². The summed E-state index contributed by atoms with van der Waals surface area (Å²) < 4.78 is 6.08. The Morgan fingerprint density at radius 1 is 0.786 bits per heavy atom. The van der Waals surface area contributed by atoms with Crippen LogP contribution in [-0.2, 0) is 23.9 Å². The van der Waals surface area contributed by atoms with Gasteiger partial charge < -0.3 is 4.74 Å². The number of carbonyl (C=O) groups is 5. The van der Waals surface area contributed by atoms with Crippen molar-refractivity contribution in [2.75, 3.05) is 6.61 Å². The molecular formula is C32H28BrN3O6. The van der Waals surface area contributed by atoms with Gasteiger partial charge in [0.1, 0.15) is 6.04 Å². The second-order valence-electron chi connectivity index (χ2n) is 11.1. The SMILES string of the molecule is CC(C)[C@H](C(=O)OCC(=O)NNC(=O)c1ccc(Br)cc1)N1C(=O)[C@H]2C3c4ccccc4C(c4ccccc43)[C@@H]2C1=O. The van der Waals surface area contributed by atoms with Crippen molar-refractivity contribution in [1.82, 2.24) is 15.8 Å². The first kappa shape index (κ1) is 27.8. The Labute approximate surface area is 250 Å². The van der Waals surface area contributed by atoms with Crippen LogP contribution >= 0.6 is 15.9 Å². The molecule has 1 heterocycles. The Hall–Kier alpha value is -4.31. The number of halogens is 1. The first-order chi connectivity index (χ1) is 20.2. The maximum Gasteiger partial charge on any atom is 0.330 e. The highest BCUT2D eigenvalue weighted by molar-refractivity contribution is 9.10. The number of hydrazine groups is 1. The van der Waals surface area contributed by atoms with Gasteiger partial charge in [0.2, 0.25) is 11.8 Å². The maximum absolute atomic E-state index is 14.0. The summed E-state index contributed by atoms with van der Waals surface area (Å²) in [6, 6.07) is 21.1. The molecular weight excluding hydrogens is 602 g/mol. The van der Waals surface area contributed by atoms with E-state index < -0.39 is 60.0 Å². The van der Waals surface area contributed by atoms with Gasteiger partial charge in [0.25, 0.3) is 11.8 Å². The molecule has 0 radical (unpaired) electrons. The molecule has 7 rings (SSSR count). The summed E-state index contributed by atoms with van der Waals surface area (Å²) in [5.41, 5.74) is 8.95. The minimum Gasteiger partial charge on any atom is -0.454 e. The first-order valence-electron chi connectivity index (χ1n) is 13.7. The van der Waals surface area contributed by atoms with Crippen LogP contribution in [0.3, 0.4) is 0 Å². The van der Waals surface area contributed by atoms with E-state index in [9.17, 15) is 24.0 Å². The lowest BCUT2D eigenvalue weighted by Crippen LogP contribution is -2.50. The molecule has 1 fully saturated rings. The highest BCUT2D eigenvalue weighted by atomic mass is 79.9. The van der Waals surface area contributed by atoms with Gasteiger partial charge in [-0.2, -0.15) is 0 Å². The number of nitrogens with zero attached hydrogens (tertiary/aromatic N) is 1. The van der Waals surface area contributed by atoms with E-state index >= 15 is 0 Å². The predicted molar refractivity (Wildman–Crippen MR) is 155 cm³/mol. The largest absolute Gasteiger partial charge is 0.454 e. The summed E-state index contributed by atoms with van der Waals surface area (Å²) in [6.45, 7) is 2.75. The van der Waals surface area contributed by atoms with Gasteiger partial charge in [-0.3, -0.25) is 34.9 Å². The van der Waals surface area contributed by atoms with Gasteiger partial charge in [0, 0.05) is 21.9 Å². The fraction of sp³-hybridized carbons (Fsp3) is 0.281. The molecule has 4 aliphatic rings.